The number of esters is 1. The predicted molar refractivity (Wildman–Crippen MR) is 97.5 cm³/mol. The molecule has 1 aliphatic heterocycles. The number of rotatable bonds is 2. The van der Waals surface area contributed by atoms with E-state index in [1.165, 1.54) is 18.3 Å². The lowest BCUT2D eigenvalue weighted by molar-refractivity contribution is -0.133. The number of hydrazine groups is 1. The van der Waals surface area contributed by atoms with Crippen LogP contribution in [0.4, 0.5) is 9.59 Å². The molecule has 1 rings (SSSR count). The third-order valence-electron chi connectivity index (χ3n) is 2.62. The van der Waals surface area contributed by atoms with Gasteiger partial charge in [-0.15, -0.1) is 5.01 Å². The number of hydrogen-bond acceptors (Lipinski definition) is 8. The Labute approximate surface area is 161 Å². The first-order valence-electron chi connectivity index (χ1n) is 7.79. The van der Waals surface area contributed by atoms with E-state index in [-0.39, 0.29) is 16.9 Å². The SMILES string of the molecule is COC(=O)C1=NC(Br)=CN(N(C(=O)OC(C)(C)C)C(=O)OC(C)(C)C)C1. The van der Waals surface area contributed by atoms with Crippen LogP contribution in [0.2, 0.25) is 0 Å². The van der Waals surface area contributed by atoms with Crippen LogP contribution in [0.1, 0.15) is 41.5 Å². The molecule has 0 unspecified atom stereocenters. The van der Waals surface area contributed by atoms with Gasteiger partial charge in [-0.05, 0) is 57.5 Å². The van der Waals surface area contributed by atoms with Gasteiger partial charge in [0, 0.05) is 0 Å². The highest BCUT2D eigenvalue weighted by molar-refractivity contribution is 9.11. The van der Waals surface area contributed by atoms with Gasteiger partial charge < -0.3 is 14.2 Å². The maximum atomic E-state index is 12.6. The lowest BCUT2D eigenvalue weighted by Gasteiger charge is -2.35. The Morgan fingerprint density at radius 3 is 1.92 bits per heavy atom. The van der Waals surface area contributed by atoms with Gasteiger partial charge in [-0.1, -0.05) is 0 Å². The number of halogens is 1. The van der Waals surface area contributed by atoms with Crippen LogP contribution in [-0.2, 0) is 19.0 Å². The van der Waals surface area contributed by atoms with Crippen molar-refractivity contribution in [2.75, 3.05) is 13.7 Å². The fourth-order valence-corrected chi connectivity index (χ4v) is 2.22. The second kappa shape index (κ2) is 8.07. The summed E-state index contributed by atoms with van der Waals surface area (Å²) < 4.78 is 15.5. The van der Waals surface area contributed by atoms with Gasteiger partial charge in [0.25, 0.3) is 0 Å². The van der Waals surface area contributed by atoms with Crippen molar-refractivity contribution in [1.29, 1.82) is 0 Å². The molecule has 0 aliphatic carbocycles. The summed E-state index contributed by atoms with van der Waals surface area (Å²) in [5.41, 5.74) is -1.68. The first-order chi connectivity index (χ1) is 11.7. The van der Waals surface area contributed by atoms with Crippen LogP contribution in [0.25, 0.3) is 0 Å². The largest absolute Gasteiger partial charge is 0.464 e. The van der Waals surface area contributed by atoms with Crippen molar-refractivity contribution < 1.29 is 28.6 Å². The van der Waals surface area contributed by atoms with Crippen LogP contribution in [0, 0.1) is 0 Å². The number of methoxy groups -OCH3 is 1. The predicted octanol–water partition coefficient (Wildman–Crippen LogP) is 3.20. The topological polar surface area (TPSA) is 97.7 Å². The molecule has 0 bridgehead atoms. The molecule has 0 aromatic rings. The van der Waals surface area contributed by atoms with E-state index >= 15 is 0 Å². The Morgan fingerprint density at radius 2 is 1.54 bits per heavy atom. The Hall–Kier alpha value is -2.10. The number of carbonyl (C=O) groups is 3. The summed E-state index contributed by atoms with van der Waals surface area (Å²) in [6.45, 7) is 9.83. The van der Waals surface area contributed by atoms with Crippen molar-refractivity contribution in [3.05, 3.63) is 10.8 Å². The molecule has 0 atom stereocenters. The van der Waals surface area contributed by atoms with E-state index in [0.717, 1.165) is 0 Å². The molecular weight excluding hydrogens is 410 g/mol. The molecule has 2 amide bonds. The molecule has 1 heterocycles. The molecule has 146 valence electrons. The molecule has 0 saturated heterocycles. The zero-order chi connectivity index (χ0) is 20.3. The zero-order valence-corrected chi connectivity index (χ0v) is 17.5. The van der Waals surface area contributed by atoms with Crippen molar-refractivity contribution in [2.24, 2.45) is 4.99 Å². The number of amides is 2. The molecule has 1 aliphatic rings. The number of ether oxygens (including phenoxy) is 3. The maximum Gasteiger partial charge on any atom is 0.439 e. The minimum atomic E-state index is -0.950. The molecule has 0 saturated carbocycles. The van der Waals surface area contributed by atoms with Gasteiger partial charge in [0.1, 0.15) is 21.5 Å². The Balaban J connectivity index is 3.20. The van der Waals surface area contributed by atoms with Gasteiger partial charge in [0.15, 0.2) is 0 Å². The highest BCUT2D eigenvalue weighted by Crippen LogP contribution is 2.21. The Kier molecular flexibility index (Phi) is 6.81. The van der Waals surface area contributed by atoms with Crippen LogP contribution < -0.4 is 0 Å². The molecule has 26 heavy (non-hydrogen) atoms. The van der Waals surface area contributed by atoms with E-state index in [1.54, 1.807) is 41.5 Å². The van der Waals surface area contributed by atoms with Crippen molar-refractivity contribution in [1.82, 2.24) is 10.0 Å². The molecular formula is C16H24BrN3O6. The van der Waals surface area contributed by atoms with E-state index in [2.05, 4.69) is 25.7 Å². The summed E-state index contributed by atoms with van der Waals surface area (Å²) in [6.07, 6.45) is -0.538. The van der Waals surface area contributed by atoms with Crippen molar-refractivity contribution >= 4 is 39.8 Å². The molecule has 0 fully saturated rings. The smallest absolute Gasteiger partial charge is 0.439 e. The van der Waals surface area contributed by atoms with Gasteiger partial charge in [0.2, 0.25) is 0 Å². The summed E-state index contributed by atoms with van der Waals surface area (Å²) in [4.78, 5) is 41.0. The molecule has 0 radical (unpaired) electrons. The highest BCUT2D eigenvalue weighted by atomic mass is 79.9. The van der Waals surface area contributed by atoms with E-state index < -0.39 is 29.4 Å². The van der Waals surface area contributed by atoms with Gasteiger partial charge >= 0.3 is 18.2 Å². The monoisotopic (exact) mass is 433 g/mol. The van der Waals surface area contributed by atoms with Crippen LogP contribution in [0.3, 0.4) is 0 Å². The normalized spacial score (nSPS) is 14.8. The number of aliphatic imine (C=N–C) groups is 1. The van der Waals surface area contributed by atoms with E-state index in [4.69, 9.17) is 9.47 Å². The minimum Gasteiger partial charge on any atom is -0.464 e. The van der Waals surface area contributed by atoms with E-state index in [9.17, 15) is 14.4 Å². The van der Waals surface area contributed by atoms with Crippen LogP contribution in [0.15, 0.2) is 15.8 Å². The molecule has 10 heteroatoms. The quantitative estimate of drug-likeness (QED) is 0.374. The average molecular weight is 434 g/mol. The molecule has 0 aromatic carbocycles. The summed E-state index contributed by atoms with van der Waals surface area (Å²) >= 11 is 3.15. The Morgan fingerprint density at radius 1 is 1.08 bits per heavy atom. The minimum absolute atomic E-state index is 0.000933. The third kappa shape index (κ3) is 6.66. The summed E-state index contributed by atoms with van der Waals surface area (Å²) in [5, 5.41) is 1.85. The van der Waals surface area contributed by atoms with Gasteiger partial charge in [-0.25, -0.2) is 19.4 Å². The number of imide groups is 1. The lowest BCUT2D eigenvalue weighted by atomic mass is 10.2. The first kappa shape index (κ1) is 21.9. The second-order valence-corrected chi connectivity index (χ2v) is 8.18. The van der Waals surface area contributed by atoms with Gasteiger partial charge in [-0.3, -0.25) is 5.01 Å². The van der Waals surface area contributed by atoms with Crippen molar-refractivity contribution in [3.63, 3.8) is 0 Å². The van der Waals surface area contributed by atoms with Crippen LogP contribution in [0.5, 0.6) is 0 Å². The third-order valence-corrected chi connectivity index (χ3v) is 3.00. The van der Waals surface area contributed by atoms with E-state index in [0.29, 0.717) is 5.01 Å². The molecule has 9 nitrogen and oxygen atoms in total. The standard InChI is InChI=1S/C16H24BrN3O6/c1-15(2,3)25-13(22)20(14(23)26-16(4,5)6)19-8-10(12(21)24-7)18-11(17)9-19/h9H,8H2,1-7H3. The lowest BCUT2D eigenvalue weighted by Crippen LogP contribution is -2.53. The van der Waals surface area contributed by atoms with E-state index in [1.807, 2.05) is 0 Å². The molecule has 0 spiro atoms. The van der Waals surface area contributed by atoms with Gasteiger partial charge in [-0.2, -0.15) is 0 Å². The van der Waals surface area contributed by atoms with Crippen molar-refractivity contribution in [3.8, 4) is 0 Å². The number of nitrogens with zero attached hydrogens (tertiary/aromatic N) is 3. The summed E-state index contributed by atoms with van der Waals surface area (Å²) in [7, 11) is 1.21. The fraction of sp³-hybridized carbons (Fsp3) is 0.625. The highest BCUT2D eigenvalue weighted by Gasteiger charge is 2.37. The fourth-order valence-electron chi connectivity index (χ4n) is 1.77. The Bertz CT molecular complexity index is 617. The van der Waals surface area contributed by atoms with Gasteiger partial charge in [0.05, 0.1) is 19.9 Å². The molecule has 0 N–H and O–H groups in total. The maximum absolute atomic E-state index is 12.6. The van der Waals surface area contributed by atoms with Crippen LogP contribution in [-0.4, -0.2) is 58.7 Å². The van der Waals surface area contributed by atoms with Crippen molar-refractivity contribution in [2.45, 2.75) is 52.7 Å². The second-order valence-electron chi connectivity index (χ2n) is 7.37. The van der Waals surface area contributed by atoms with Crippen LogP contribution >= 0.6 is 15.9 Å². The first-order valence-corrected chi connectivity index (χ1v) is 8.58. The molecule has 0 aromatic heterocycles. The zero-order valence-electron chi connectivity index (χ0n) is 16.0. The number of hydrogen-bond donors (Lipinski definition) is 0. The average Bonchev–Trinajstić information content (AvgIpc) is 2.41. The summed E-state index contributed by atoms with van der Waals surface area (Å²) in [6, 6.07) is 0. The number of carbonyl (C=O) groups excluding carboxylic acids is 3. The summed E-state index contributed by atoms with van der Waals surface area (Å²) in [5.74, 6) is -0.687.